The third-order valence-electron chi connectivity index (χ3n) is 5.97. The molecule has 3 heterocycles. The molecule has 2 fully saturated rings. The van der Waals surface area contributed by atoms with Crippen molar-refractivity contribution in [3.63, 3.8) is 0 Å². The van der Waals surface area contributed by atoms with Crippen LogP contribution in [0.3, 0.4) is 0 Å². The average molecular weight is 436 g/mol. The van der Waals surface area contributed by atoms with E-state index in [9.17, 15) is 9.59 Å². The Morgan fingerprint density at radius 2 is 1.87 bits per heavy atom. The van der Waals surface area contributed by atoms with Gasteiger partial charge in [0.05, 0.1) is 21.5 Å². The van der Waals surface area contributed by atoms with E-state index in [0.717, 1.165) is 48.1 Å². The Kier molecular flexibility index (Phi) is 5.59. The van der Waals surface area contributed by atoms with Gasteiger partial charge in [0.2, 0.25) is 5.91 Å². The van der Waals surface area contributed by atoms with Gasteiger partial charge in [-0.25, -0.2) is 0 Å². The van der Waals surface area contributed by atoms with Crippen LogP contribution in [0, 0.1) is 0 Å². The van der Waals surface area contributed by atoms with Gasteiger partial charge >= 0.3 is 0 Å². The maximum absolute atomic E-state index is 12.5. The van der Waals surface area contributed by atoms with Gasteiger partial charge in [-0.15, -0.1) is 11.3 Å². The first-order valence-corrected chi connectivity index (χ1v) is 11.7. The van der Waals surface area contributed by atoms with Crippen molar-refractivity contribution < 1.29 is 14.3 Å². The number of nitrogens with zero attached hydrogens (tertiary/aromatic N) is 2. The van der Waals surface area contributed by atoms with E-state index >= 15 is 0 Å². The molecule has 1 aliphatic heterocycles. The lowest BCUT2D eigenvalue weighted by Crippen LogP contribution is -2.41. The Bertz CT molecular complexity index is 1100. The summed E-state index contributed by atoms with van der Waals surface area (Å²) >= 11 is 1.42. The van der Waals surface area contributed by atoms with Gasteiger partial charge in [-0.3, -0.25) is 14.6 Å². The van der Waals surface area contributed by atoms with Crippen LogP contribution < -0.4 is 10.1 Å². The number of likely N-dealkylation sites (tertiary alicyclic amines) is 1. The fourth-order valence-corrected chi connectivity index (χ4v) is 5.15. The first kappa shape index (κ1) is 20.0. The smallest absolute Gasteiger partial charge is 0.264 e. The van der Waals surface area contributed by atoms with Crippen molar-refractivity contribution >= 4 is 33.4 Å². The molecule has 7 heteroatoms. The number of nitrogens with one attached hydrogen (secondary N) is 1. The van der Waals surface area contributed by atoms with Gasteiger partial charge in [-0.05, 0) is 43.0 Å². The SMILES string of the molecule is O=C(Cc1ccc(Oc2ccnc3cc(C(=O)N4CCC4)sc23)cc1)NC1CCCC1. The van der Waals surface area contributed by atoms with E-state index in [1.54, 1.807) is 6.20 Å². The minimum absolute atomic E-state index is 0.0698. The third-order valence-corrected chi connectivity index (χ3v) is 7.09. The molecular weight excluding hydrogens is 410 g/mol. The number of amides is 2. The molecule has 160 valence electrons. The van der Waals surface area contributed by atoms with Crippen molar-refractivity contribution in [2.24, 2.45) is 0 Å². The summed E-state index contributed by atoms with van der Waals surface area (Å²) in [6, 6.07) is 11.6. The van der Waals surface area contributed by atoms with Crippen LogP contribution in [0.4, 0.5) is 0 Å². The van der Waals surface area contributed by atoms with Crippen LogP contribution in [0.2, 0.25) is 0 Å². The summed E-state index contributed by atoms with van der Waals surface area (Å²) in [7, 11) is 0. The molecule has 5 rings (SSSR count). The molecule has 0 spiro atoms. The molecule has 2 aliphatic rings. The fraction of sp³-hybridized carbons (Fsp3) is 0.375. The predicted molar refractivity (Wildman–Crippen MR) is 121 cm³/mol. The van der Waals surface area contributed by atoms with Crippen LogP contribution in [-0.2, 0) is 11.2 Å². The number of thiophene rings is 1. The highest BCUT2D eigenvalue weighted by Gasteiger charge is 2.24. The molecule has 6 nitrogen and oxygen atoms in total. The number of hydrogen-bond acceptors (Lipinski definition) is 5. The van der Waals surface area contributed by atoms with Gasteiger partial charge in [0.25, 0.3) is 5.91 Å². The second kappa shape index (κ2) is 8.67. The number of benzene rings is 1. The number of hydrogen-bond donors (Lipinski definition) is 1. The maximum atomic E-state index is 12.5. The van der Waals surface area contributed by atoms with E-state index in [1.807, 2.05) is 41.3 Å². The molecule has 2 aromatic heterocycles. The van der Waals surface area contributed by atoms with Crippen molar-refractivity contribution in [3.8, 4) is 11.5 Å². The largest absolute Gasteiger partial charge is 0.456 e. The highest BCUT2D eigenvalue weighted by molar-refractivity contribution is 7.21. The van der Waals surface area contributed by atoms with Crippen molar-refractivity contribution in [2.45, 2.75) is 44.6 Å². The van der Waals surface area contributed by atoms with Crippen molar-refractivity contribution in [1.82, 2.24) is 15.2 Å². The Morgan fingerprint density at radius 3 is 2.58 bits per heavy atom. The molecule has 31 heavy (non-hydrogen) atoms. The standard InChI is InChI=1S/C24H25N3O3S/c28-22(26-17-4-1-2-5-17)14-16-6-8-18(9-7-16)30-20-10-11-25-19-15-21(31-23(19)20)24(29)27-12-3-13-27/h6-11,15,17H,1-5,12-14H2,(H,26,28). The van der Waals surface area contributed by atoms with Crippen molar-refractivity contribution in [3.05, 3.63) is 53.0 Å². The lowest BCUT2D eigenvalue weighted by molar-refractivity contribution is -0.121. The van der Waals surface area contributed by atoms with E-state index in [-0.39, 0.29) is 11.8 Å². The van der Waals surface area contributed by atoms with Crippen LogP contribution in [0.5, 0.6) is 11.5 Å². The zero-order valence-corrected chi connectivity index (χ0v) is 18.1. The highest BCUT2D eigenvalue weighted by Crippen LogP contribution is 2.35. The van der Waals surface area contributed by atoms with E-state index in [4.69, 9.17) is 4.74 Å². The zero-order chi connectivity index (χ0) is 21.2. The number of carbonyl (C=O) groups is 2. The molecule has 1 saturated carbocycles. The number of aromatic nitrogens is 1. The van der Waals surface area contributed by atoms with Gasteiger partial charge in [0, 0.05) is 31.4 Å². The fourth-order valence-electron chi connectivity index (χ4n) is 4.11. The summed E-state index contributed by atoms with van der Waals surface area (Å²) in [6.45, 7) is 1.66. The minimum Gasteiger partial charge on any atom is -0.456 e. The van der Waals surface area contributed by atoms with Crippen LogP contribution in [0.15, 0.2) is 42.6 Å². The van der Waals surface area contributed by atoms with E-state index in [2.05, 4.69) is 10.3 Å². The normalized spacial score (nSPS) is 16.3. The maximum Gasteiger partial charge on any atom is 0.264 e. The molecule has 1 aromatic carbocycles. The third kappa shape index (κ3) is 4.42. The number of fused-ring (bicyclic) bond motifs is 1. The summed E-state index contributed by atoms with van der Waals surface area (Å²) in [4.78, 5) is 31.7. The summed E-state index contributed by atoms with van der Waals surface area (Å²) in [6.07, 6.45) is 7.74. The summed E-state index contributed by atoms with van der Waals surface area (Å²) < 4.78 is 6.97. The van der Waals surface area contributed by atoms with E-state index in [0.29, 0.717) is 28.8 Å². The van der Waals surface area contributed by atoms with E-state index in [1.165, 1.54) is 24.2 Å². The summed E-state index contributed by atoms with van der Waals surface area (Å²) in [5.74, 6) is 1.52. The summed E-state index contributed by atoms with van der Waals surface area (Å²) in [5.41, 5.74) is 1.73. The second-order valence-electron chi connectivity index (χ2n) is 8.25. The summed E-state index contributed by atoms with van der Waals surface area (Å²) in [5, 5.41) is 3.12. The van der Waals surface area contributed by atoms with Crippen LogP contribution in [0.1, 0.15) is 47.3 Å². The molecular formula is C24H25N3O3S. The molecule has 0 bridgehead atoms. The van der Waals surface area contributed by atoms with Crippen LogP contribution in [-0.4, -0.2) is 40.8 Å². The molecule has 2 amide bonds. The molecule has 3 aromatic rings. The van der Waals surface area contributed by atoms with Gasteiger partial charge in [-0.2, -0.15) is 0 Å². The molecule has 1 N–H and O–H groups in total. The van der Waals surface area contributed by atoms with Gasteiger partial charge in [-0.1, -0.05) is 25.0 Å². The molecule has 0 unspecified atom stereocenters. The average Bonchev–Trinajstić information content (AvgIpc) is 3.38. The van der Waals surface area contributed by atoms with E-state index < -0.39 is 0 Å². The molecule has 0 atom stereocenters. The molecule has 1 aliphatic carbocycles. The number of rotatable bonds is 6. The monoisotopic (exact) mass is 435 g/mol. The Hall–Kier alpha value is -2.93. The Balaban J connectivity index is 1.26. The number of carbonyl (C=O) groups excluding carboxylic acids is 2. The number of pyridine rings is 1. The first-order chi connectivity index (χ1) is 15.2. The highest BCUT2D eigenvalue weighted by atomic mass is 32.1. The Labute approximate surface area is 185 Å². The van der Waals surface area contributed by atoms with Gasteiger partial charge in [0.1, 0.15) is 11.5 Å². The lowest BCUT2D eigenvalue weighted by atomic mass is 10.1. The number of ether oxygens (including phenoxy) is 1. The minimum atomic E-state index is 0.0698. The quantitative estimate of drug-likeness (QED) is 0.617. The van der Waals surface area contributed by atoms with Crippen LogP contribution >= 0.6 is 11.3 Å². The molecule has 1 saturated heterocycles. The van der Waals surface area contributed by atoms with Crippen molar-refractivity contribution in [2.75, 3.05) is 13.1 Å². The predicted octanol–water partition coefficient (Wildman–Crippen LogP) is 4.54. The first-order valence-electron chi connectivity index (χ1n) is 10.9. The molecule has 0 radical (unpaired) electrons. The van der Waals surface area contributed by atoms with Gasteiger partial charge in [0.15, 0.2) is 0 Å². The van der Waals surface area contributed by atoms with Crippen molar-refractivity contribution in [1.29, 1.82) is 0 Å². The Morgan fingerprint density at radius 1 is 1.10 bits per heavy atom. The second-order valence-corrected chi connectivity index (χ2v) is 9.30. The van der Waals surface area contributed by atoms with Crippen LogP contribution in [0.25, 0.3) is 10.2 Å². The zero-order valence-electron chi connectivity index (χ0n) is 17.3. The van der Waals surface area contributed by atoms with Gasteiger partial charge < -0.3 is 15.0 Å². The lowest BCUT2D eigenvalue weighted by Gasteiger charge is -2.30. The topological polar surface area (TPSA) is 71.5 Å².